The zero-order valence-electron chi connectivity index (χ0n) is 19.3. The van der Waals surface area contributed by atoms with Gasteiger partial charge in [0.25, 0.3) is 0 Å². The van der Waals surface area contributed by atoms with Crippen LogP contribution in [-0.2, 0) is 4.74 Å². The maximum atomic E-state index is 9.21. The van der Waals surface area contributed by atoms with Crippen LogP contribution in [0.25, 0.3) is 0 Å². The largest absolute Gasteiger partial charge is 0.409 e. The van der Waals surface area contributed by atoms with Crippen molar-refractivity contribution in [2.45, 2.75) is 51.5 Å². The monoisotopic (exact) mass is 454 g/mol. The Kier molecular flexibility index (Phi) is 6.09. The number of aromatic nitrogens is 2. The summed E-state index contributed by atoms with van der Waals surface area (Å²) in [6.07, 6.45) is 7.17. The quantitative estimate of drug-likeness (QED) is 0.259. The molecule has 4 N–H and O–H groups in total. The van der Waals surface area contributed by atoms with Gasteiger partial charge in [0, 0.05) is 30.7 Å². The Hall–Kier alpha value is -2.88. The van der Waals surface area contributed by atoms with E-state index in [2.05, 4.69) is 48.9 Å². The van der Waals surface area contributed by atoms with Crippen molar-refractivity contribution >= 4 is 29.9 Å². The van der Waals surface area contributed by atoms with E-state index in [1.807, 2.05) is 0 Å². The molecule has 2 aliphatic heterocycles. The second-order valence-electron chi connectivity index (χ2n) is 9.59. The molecule has 2 unspecified atom stereocenters. The number of amidine groups is 1. The standard InChI is InChI=1S/C23H34N8O2/c1-14(15-5-3-6-15)26-22-19(21(25-2)27-23(28-22)20(24)29-32)31-11-16-7-4-8-17-12-33-10-9-30(13-31)18(16)17/h14-16,32H,2-13H2,1H3,(H2,24,29)(H,26,27,28). The van der Waals surface area contributed by atoms with Crippen molar-refractivity contribution in [3.63, 3.8) is 0 Å². The number of aliphatic imine (C=N–C) groups is 1. The predicted octanol–water partition coefficient (Wildman–Crippen LogP) is 2.67. The van der Waals surface area contributed by atoms with E-state index in [-0.39, 0.29) is 17.7 Å². The third-order valence-electron chi connectivity index (χ3n) is 7.57. The van der Waals surface area contributed by atoms with Crippen LogP contribution in [0.3, 0.4) is 0 Å². The maximum absolute atomic E-state index is 9.21. The van der Waals surface area contributed by atoms with Crippen LogP contribution in [0.5, 0.6) is 0 Å². The van der Waals surface area contributed by atoms with Crippen molar-refractivity contribution in [1.29, 1.82) is 0 Å². The van der Waals surface area contributed by atoms with E-state index in [0.717, 1.165) is 51.5 Å². The van der Waals surface area contributed by atoms with Crippen LogP contribution in [0.1, 0.15) is 51.3 Å². The summed E-state index contributed by atoms with van der Waals surface area (Å²) in [5, 5.41) is 15.9. The lowest BCUT2D eigenvalue weighted by molar-refractivity contribution is 0.141. The normalized spacial score (nSPS) is 24.6. The fraction of sp³-hybridized carbons (Fsp3) is 0.652. The van der Waals surface area contributed by atoms with Gasteiger partial charge < -0.3 is 30.8 Å². The number of rotatable bonds is 6. The number of anilines is 2. The van der Waals surface area contributed by atoms with Crippen LogP contribution in [0.4, 0.5) is 17.3 Å². The second kappa shape index (κ2) is 9.17. The van der Waals surface area contributed by atoms with Crippen LogP contribution in [0, 0.1) is 11.8 Å². The number of nitrogens with two attached hydrogens (primary N) is 1. The number of nitrogens with zero attached hydrogens (tertiary/aromatic N) is 6. The number of ether oxygens (including phenoxy) is 1. The smallest absolute Gasteiger partial charge is 0.208 e. The minimum atomic E-state index is -0.142. The second-order valence-corrected chi connectivity index (χ2v) is 9.59. The summed E-state index contributed by atoms with van der Waals surface area (Å²) >= 11 is 0. The Balaban J connectivity index is 1.54. The first-order chi connectivity index (χ1) is 16.1. The van der Waals surface area contributed by atoms with Gasteiger partial charge in [-0.15, -0.1) is 0 Å². The zero-order valence-corrected chi connectivity index (χ0v) is 19.3. The highest BCUT2D eigenvalue weighted by Crippen LogP contribution is 2.43. The number of hydrogen-bond acceptors (Lipinski definition) is 9. The third kappa shape index (κ3) is 4.12. The molecule has 10 nitrogen and oxygen atoms in total. The van der Waals surface area contributed by atoms with Crippen molar-refractivity contribution in [2.75, 3.05) is 43.2 Å². The van der Waals surface area contributed by atoms with Crippen molar-refractivity contribution in [3.05, 3.63) is 17.1 Å². The van der Waals surface area contributed by atoms with Crippen molar-refractivity contribution in [1.82, 2.24) is 14.9 Å². The Morgan fingerprint density at radius 2 is 2.12 bits per heavy atom. The molecule has 2 fully saturated rings. The van der Waals surface area contributed by atoms with E-state index in [1.165, 1.54) is 37.0 Å². The van der Waals surface area contributed by atoms with Crippen LogP contribution < -0.4 is 16.0 Å². The molecule has 1 saturated carbocycles. The maximum Gasteiger partial charge on any atom is 0.208 e. The molecule has 10 heteroatoms. The first-order valence-electron chi connectivity index (χ1n) is 12.0. The number of hydrogen-bond donors (Lipinski definition) is 3. The lowest BCUT2D eigenvalue weighted by Gasteiger charge is -2.46. The average molecular weight is 455 g/mol. The highest BCUT2D eigenvalue weighted by molar-refractivity contribution is 5.95. The van der Waals surface area contributed by atoms with Gasteiger partial charge in [0.15, 0.2) is 11.6 Å². The lowest BCUT2D eigenvalue weighted by atomic mass is 9.80. The first kappa shape index (κ1) is 21.9. The summed E-state index contributed by atoms with van der Waals surface area (Å²) in [5.41, 5.74) is 9.63. The molecule has 0 aromatic carbocycles. The zero-order chi connectivity index (χ0) is 22.9. The van der Waals surface area contributed by atoms with Gasteiger partial charge >= 0.3 is 0 Å². The molecule has 5 rings (SSSR count). The minimum absolute atomic E-state index is 0.142. The van der Waals surface area contributed by atoms with Crippen molar-refractivity contribution in [3.8, 4) is 0 Å². The van der Waals surface area contributed by atoms with Crippen LogP contribution in [0.2, 0.25) is 0 Å². The molecule has 178 valence electrons. The lowest BCUT2D eigenvalue weighted by Crippen LogP contribution is -2.50. The minimum Gasteiger partial charge on any atom is -0.409 e. The van der Waals surface area contributed by atoms with Gasteiger partial charge in [-0.1, -0.05) is 11.6 Å². The Labute approximate surface area is 194 Å². The summed E-state index contributed by atoms with van der Waals surface area (Å²) in [6.45, 7) is 9.91. The van der Waals surface area contributed by atoms with E-state index in [1.54, 1.807) is 0 Å². The summed E-state index contributed by atoms with van der Waals surface area (Å²) < 4.78 is 5.90. The summed E-state index contributed by atoms with van der Waals surface area (Å²) in [4.78, 5) is 18.2. The molecule has 0 amide bonds. The molecular weight excluding hydrogens is 420 g/mol. The Morgan fingerprint density at radius 1 is 1.27 bits per heavy atom. The van der Waals surface area contributed by atoms with Crippen molar-refractivity contribution in [2.24, 2.45) is 27.7 Å². The van der Waals surface area contributed by atoms with Gasteiger partial charge in [-0.3, -0.25) is 0 Å². The van der Waals surface area contributed by atoms with Crippen LogP contribution >= 0.6 is 0 Å². The Morgan fingerprint density at radius 3 is 2.85 bits per heavy atom. The topological polar surface area (TPSA) is 124 Å². The van der Waals surface area contributed by atoms with Gasteiger partial charge in [0.05, 0.1) is 19.9 Å². The van der Waals surface area contributed by atoms with Gasteiger partial charge in [0.2, 0.25) is 11.7 Å². The SMILES string of the molecule is C=Nc1nc(/C(N)=N/O)nc(NC(C)C2CCC2)c1N1CC2CCCC3=C2N(CCOC3)C1. The fourth-order valence-corrected chi connectivity index (χ4v) is 5.63. The molecular formula is C23H34N8O2. The van der Waals surface area contributed by atoms with E-state index in [0.29, 0.717) is 23.5 Å². The average Bonchev–Trinajstić information content (AvgIpc) is 3.00. The summed E-state index contributed by atoms with van der Waals surface area (Å²) in [6, 6.07) is 0.248. The highest BCUT2D eigenvalue weighted by Gasteiger charge is 2.37. The van der Waals surface area contributed by atoms with Crippen molar-refractivity contribution < 1.29 is 9.94 Å². The summed E-state index contributed by atoms with van der Waals surface area (Å²) in [5.74, 6) is 2.18. The molecule has 4 aliphatic rings. The predicted molar refractivity (Wildman–Crippen MR) is 128 cm³/mol. The van der Waals surface area contributed by atoms with E-state index in [4.69, 9.17) is 10.5 Å². The number of oxime groups is 1. The van der Waals surface area contributed by atoms with Gasteiger partial charge in [-0.25, -0.2) is 15.0 Å². The molecule has 33 heavy (non-hydrogen) atoms. The molecule has 1 saturated heterocycles. The number of nitrogens with one attached hydrogen (secondary N) is 1. The van der Waals surface area contributed by atoms with E-state index >= 15 is 0 Å². The molecule has 0 bridgehead atoms. The van der Waals surface area contributed by atoms with E-state index in [9.17, 15) is 5.21 Å². The molecule has 3 heterocycles. The molecule has 1 aromatic rings. The highest BCUT2D eigenvalue weighted by atomic mass is 16.5. The molecule has 2 aliphatic carbocycles. The molecule has 0 radical (unpaired) electrons. The van der Waals surface area contributed by atoms with E-state index < -0.39 is 0 Å². The Bertz CT molecular complexity index is 973. The first-order valence-corrected chi connectivity index (χ1v) is 12.0. The third-order valence-corrected chi connectivity index (χ3v) is 7.57. The van der Waals surface area contributed by atoms with Gasteiger partial charge in [-0.05, 0) is 57.2 Å². The molecule has 0 spiro atoms. The van der Waals surface area contributed by atoms with Gasteiger partial charge in [-0.2, -0.15) is 0 Å². The molecule has 1 aromatic heterocycles. The van der Waals surface area contributed by atoms with Crippen LogP contribution in [-0.4, -0.2) is 71.6 Å². The van der Waals surface area contributed by atoms with Crippen LogP contribution in [0.15, 0.2) is 21.4 Å². The summed E-state index contributed by atoms with van der Waals surface area (Å²) in [7, 11) is 0. The van der Waals surface area contributed by atoms with Gasteiger partial charge in [0.1, 0.15) is 5.69 Å². The fourth-order valence-electron chi connectivity index (χ4n) is 5.63. The molecule has 2 atom stereocenters.